The minimum atomic E-state index is -0.0418. The summed E-state index contributed by atoms with van der Waals surface area (Å²) >= 11 is 1.57. The van der Waals surface area contributed by atoms with E-state index in [1.165, 1.54) is 0 Å². The first kappa shape index (κ1) is 18.5. The second kappa shape index (κ2) is 7.97. The number of carbonyl (C=O) groups is 1. The Morgan fingerprint density at radius 1 is 1.23 bits per heavy atom. The van der Waals surface area contributed by atoms with Crippen molar-refractivity contribution in [2.75, 3.05) is 32.1 Å². The summed E-state index contributed by atoms with van der Waals surface area (Å²) in [4.78, 5) is 21.9. The Hall–Kier alpha value is -2.25. The second-order valence-corrected chi connectivity index (χ2v) is 7.57. The van der Waals surface area contributed by atoms with Crippen molar-refractivity contribution in [1.82, 2.24) is 19.7 Å². The van der Waals surface area contributed by atoms with E-state index in [9.17, 15) is 4.79 Å². The highest BCUT2D eigenvalue weighted by Crippen LogP contribution is 2.31. The first-order chi connectivity index (χ1) is 12.5. The van der Waals surface area contributed by atoms with Crippen LogP contribution in [-0.2, 0) is 6.54 Å². The lowest BCUT2D eigenvalue weighted by molar-refractivity contribution is 0.0975. The number of hydrogen-bond donors (Lipinski definition) is 0. The summed E-state index contributed by atoms with van der Waals surface area (Å²) in [5, 5.41) is 4.99. The van der Waals surface area contributed by atoms with Crippen molar-refractivity contribution < 1.29 is 4.79 Å². The molecule has 0 radical (unpaired) electrons. The molecule has 0 unspecified atom stereocenters. The van der Waals surface area contributed by atoms with Crippen LogP contribution in [0.3, 0.4) is 0 Å². The predicted molar refractivity (Wildman–Crippen MR) is 107 cm³/mol. The minimum Gasteiger partial charge on any atom is -0.309 e. The monoisotopic (exact) mass is 371 g/mol. The van der Waals surface area contributed by atoms with E-state index in [4.69, 9.17) is 4.98 Å². The van der Waals surface area contributed by atoms with Crippen molar-refractivity contribution in [2.45, 2.75) is 26.8 Å². The Labute approximate surface area is 158 Å². The van der Waals surface area contributed by atoms with Crippen LogP contribution in [0.2, 0.25) is 0 Å². The number of benzene rings is 1. The Balaban J connectivity index is 1.96. The van der Waals surface area contributed by atoms with E-state index in [2.05, 4.69) is 29.1 Å². The van der Waals surface area contributed by atoms with E-state index in [0.717, 1.165) is 33.9 Å². The zero-order valence-corrected chi connectivity index (χ0v) is 16.6. The molecule has 0 fully saturated rings. The van der Waals surface area contributed by atoms with E-state index in [1.807, 2.05) is 27.1 Å². The summed E-state index contributed by atoms with van der Waals surface area (Å²) < 4.78 is 2.84. The van der Waals surface area contributed by atoms with Crippen molar-refractivity contribution in [3.8, 4) is 0 Å². The Kier molecular flexibility index (Phi) is 5.68. The lowest BCUT2D eigenvalue weighted by atomic mass is 10.2. The number of carbonyl (C=O) groups excluding carboxylic acids is 1. The number of nitrogens with zero attached hydrogens (tertiary/aromatic N) is 5. The number of rotatable bonds is 7. The molecule has 0 bridgehead atoms. The van der Waals surface area contributed by atoms with Gasteiger partial charge in [0.1, 0.15) is 5.69 Å². The van der Waals surface area contributed by atoms with Gasteiger partial charge in [0.25, 0.3) is 5.91 Å². The molecule has 0 aliphatic carbocycles. The SMILES string of the molecule is CCn1nccc1C(=O)N(CCCN(C)C)c1nc2c(C)cccc2s1. The molecular weight excluding hydrogens is 346 g/mol. The number of amides is 1. The number of hydrogen-bond acceptors (Lipinski definition) is 5. The van der Waals surface area contributed by atoms with Crippen LogP contribution in [0.1, 0.15) is 29.4 Å². The topological polar surface area (TPSA) is 54.3 Å². The first-order valence-electron chi connectivity index (χ1n) is 8.85. The van der Waals surface area contributed by atoms with Crippen molar-refractivity contribution >= 4 is 32.6 Å². The third-order valence-electron chi connectivity index (χ3n) is 4.31. The van der Waals surface area contributed by atoms with Gasteiger partial charge in [-0.1, -0.05) is 23.5 Å². The van der Waals surface area contributed by atoms with Gasteiger partial charge in [0, 0.05) is 19.3 Å². The molecule has 0 spiro atoms. The van der Waals surface area contributed by atoms with Gasteiger partial charge in [0.15, 0.2) is 5.13 Å². The number of thiazole rings is 1. The fourth-order valence-electron chi connectivity index (χ4n) is 2.92. The zero-order chi connectivity index (χ0) is 18.7. The number of aryl methyl sites for hydroxylation is 2. The molecule has 0 saturated carbocycles. The molecule has 3 rings (SSSR count). The van der Waals surface area contributed by atoms with E-state index in [-0.39, 0.29) is 5.91 Å². The standard InChI is InChI=1S/C19H25N5OS/c1-5-24-15(10-11-20-24)18(25)23(13-7-12-22(3)4)19-21-17-14(2)8-6-9-16(17)26-19/h6,8-11H,5,7,12-13H2,1-4H3. The molecule has 1 aromatic carbocycles. The number of aromatic nitrogens is 3. The molecule has 0 aliphatic rings. The summed E-state index contributed by atoms with van der Waals surface area (Å²) in [6.45, 7) is 6.25. The predicted octanol–water partition coefficient (Wildman–Crippen LogP) is 3.42. The van der Waals surface area contributed by atoms with Gasteiger partial charge in [0.05, 0.1) is 10.2 Å². The van der Waals surface area contributed by atoms with Gasteiger partial charge in [-0.25, -0.2) is 4.98 Å². The highest BCUT2D eigenvalue weighted by molar-refractivity contribution is 7.22. The third kappa shape index (κ3) is 3.78. The van der Waals surface area contributed by atoms with Crippen molar-refractivity contribution in [3.05, 3.63) is 41.7 Å². The van der Waals surface area contributed by atoms with Gasteiger partial charge < -0.3 is 4.90 Å². The number of para-hydroxylation sites is 1. The molecule has 7 heteroatoms. The van der Waals surface area contributed by atoms with Crippen LogP contribution in [0.4, 0.5) is 5.13 Å². The molecule has 0 saturated heterocycles. The van der Waals surface area contributed by atoms with Crippen LogP contribution in [0.15, 0.2) is 30.5 Å². The maximum Gasteiger partial charge on any atom is 0.278 e. The van der Waals surface area contributed by atoms with Gasteiger partial charge in [0.2, 0.25) is 0 Å². The molecule has 3 aromatic rings. The summed E-state index contributed by atoms with van der Waals surface area (Å²) in [6.07, 6.45) is 2.56. The Bertz CT molecular complexity index is 898. The summed E-state index contributed by atoms with van der Waals surface area (Å²) in [6, 6.07) is 7.92. The van der Waals surface area contributed by atoms with Gasteiger partial charge in [-0.2, -0.15) is 5.10 Å². The maximum atomic E-state index is 13.2. The van der Waals surface area contributed by atoms with Crippen molar-refractivity contribution in [1.29, 1.82) is 0 Å². The first-order valence-corrected chi connectivity index (χ1v) is 9.67. The average Bonchev–Trinajstić information content (AvgIpc) is 3.25. The molecule has 0 atom stereocenters. The summed E-state index contributed by atoms with van der Waals surface area (Å²) in [5.41, 5.74) is 2.71. The molecule has 2 aromatic heterocycles. The quantitative estimate of drug-likeness (QED) is 0.639. The Morgan fingerprint density at radius 3 is 2.73 bits per heavy atom. The lowest BCUT2D eigenvalue weighted by Gasteiger charge is -2.21. The van der Waals surface area contributed by atoms with Crippen LogP contribution in [-0.4, -0.2) is 52.8 Å². The zero-order valence-electron chi connectivity index (χ0n) is 15.8. The highest BCUT2D eigenvalue weighted by atomic mass is 32.1. The van der Waals surface area contributed by atoms with Crippen molar-refractivity contribution in [3.63, 3.8) is 0 Å². The number of anilines is 1. The van der Waals surface area contributed by atoms with Gasteiger partial charge in [-0.3, -0.25) is 14.4 Å². The molecule has 0 aliphatic heterocycles. The second-order valence-electron chi connectivity index (χ2n) is 6.56. The molecular formula is C19H25N5OS. The normalized spacial score (nSPS) is 11.4. The highest BCUT2D eigenvalue weighted by Gasteiger charge is 2.24. The van der Waals surface area contributed by atoms with E-state index in [1.54, 1.807) is 33.2 Å². The van der Waals surface area contributed by atoms with Gasteiger partial charge in [-0.15, -0.1) is 0 Å². The van der Waals surface area contributed by atoms with Crippen LogP contribution >= 0.6 is 11.3 Å². The molecule has 26 heavy (non-hydrogen) atoms. The van der Waals surface area contributed by atoms with Crippen LogP contribution < -0.4 is 4.90 Å². The largest absolute Gasteiger partial charge is 0.309 e. The smallest absolute Gasteiger partial charge is 0.278 e. The summed E-state index contributed by atoms with van der Waals surface area (Å²) in [5.74, 6) is -0.0418. The van der Waals surface area contributed by atoms with E-state index in [0.29, 0.717) is 18.8 Å². The van der Waals surface area contributed by atoms with Crippen LogP contribution in [0.25, 0.3) is 10.2 Å². The van der Waals surface area contributed by atoms with Crippen LogP contribution in [0.5, 0.6) is 0 Å². The van der Waals surface area contributed by atoms with E-state index >= 15 is 0 Å². The molecule has 0 N–H and O–H groups in total. The maximum absolute atomic E-state index is 13.2. The van der Waals surface area contributed by atoms with Crippen molar-refractivity contribution in [2.24, 2.45) is 0 Å². The minimum absolute atomic E-state index is 0.0418. The fourth-order valence-corrected chi connectivity index (χ4v) is 3.99. The molecule has 138 valence electrons. The summed E-state index contributed by atoms with van der Waals surface area (Å²) in [7, 11) is 4.08. The third-order valence-corrected chi connectivity index (χ3v) is 5.35. The number of fused-ring (bicyclic) bond motifs is 1. The van der Waals surface area contributed by atoms with E-state index < -0.39 is 0 Å². The molecule has 6 nitrogen and oxygen atoms in total. The molecule has 2 heterocycles. The Morgan fingerprint density at radius 2 is 2.04 bits per heavy atom. The molecule has 1 amide bonds. The average molecular weight is 372 g/mol. The fraction of sp³-hybridized carbons (Fsp3) is 0.421. The van der Waals surface area contributed by atoms with Crippen LogP contribution in [0, 0.1) is 6.92 Å². The lowest BCUT2D eigenvalue weighted by Crippen LogP contribution is -2.34. The van der Waals surface area contributed by atoms with Gasteiger partial charge in [-0.05, 0) is 58.6 Å². The van der Waals surface area contributed by atoms with Gasteiger partial charge >= 0.3 is 0 Å².